The first-order chi connectivity index (χ1) is 15.6. The maximum Gasteiger partial charge on any atom is 0.380 e. The molecule has 1 fully saturated rings. The highest BCUT2D eigenvalue weighted by molar-refractivity contribution is 8.00. The zero-order valence-corrected chi connectivity index (χ0v) is 20.4. The molecule has 3 rings (SSSR count). The SMILES string of the molecule is CC(C)OC(=O)[C@H](C)CP(=O)(OC[C@@H]1O[C@H](n2ccc(N)nc2=O)CS1)Oc1ccccc1. The molecule has 1 aliphatic heterocycles. The van der Waals surface area contributed by atoms with Crippen LogP contribution in [0.25, 0.3) is 0 Å². The first kappa shape index (κ1) is 25.3. The van der Waals surface area contributed by atoms with Crippen molar-refractivity contribution >= 4 is 31.1 Å². The summed E-state index contributed by atoms with van der Waals surface area (Å²) in [6, 6.07) is 10.1. The molecule has 180 valence electrons. The molecule has 1 saturated heterocycles. The quantitative estimate of drug-likeness (QED) is 0.385. The number of anilines is 1. The number of carbonyl (C=O) groups excluding carboxylic acids is 1. The molecule has 12 heteroatoms. The molecule has 0 radical (unpaired) electrons. The van der Waals surface area contributed by atoms with E-state index >= 15 is 0 Å². The molecule has 2 N–H and O–H groups in total. The van der Waals surface area contributed by atoms with Gasteiger partial charge in [-0.25, -0.2) is 9.36 Å². The lowest BCUT2D eigenvalue weighted by Crippen LogP contribution is -2.29. The minimum Gasteiger partial charge on any atom is -0.463 e. The van der Waals surface area contributed by atoms with Gasteiger partial charge in [-0.2, -0.15) is 4.98 Å². The van der Waals surface area contributed by atoms with Crippen LogP contribution in [-0.2, 0) is 23.4 Å². The van der Waals surface area contributed by atoms with Crippen molar-refractivity contribution in [2.75, 3.05) is 24.3 Å². The summed E-state index contributed by atoms with van der Waals surface area (Å²) in [7, 11) is -3.75. The number of nitrogens with zero attached hydrogens (tertiary/aromatic N) is 2. The number of ether oxygens (including phenoxy) is 2. The number of hydrogen-bond acceptors (Lipinski definition) is 10. The molecular weight excluding hydrogens is 469 g/mol. The highest BCUT2D eigenvalue weighted by Crippen LogP contribution is 2.51. The van der Waals surface area contributed by atoms with E-state index in [4.69, 9.17) is 24.3 Å². The number of rotatable bonds is 10. The van der Waals surface area contributed by atoms with Crippen LogP contribution in [0, 0.1) is 5.92 Å². The summed E-state index contributed by atoms with van der Waals surface area (Å²) in [6.07, 6.45) is 0.514. The van der Waals surface area contributed by atoms with Gasteiger partial charge in [0.05, 0.1) is 24.8 Å². The lowest BCUT2D eigenvalue weighted by molar-refractivity contribution is -0.151. The van der Waals surface area contributed by atoms with E-state index in [1.165, 1.54) is 28.6 Å². The minimum atomic E-state index is -3.75. The third-order valence-corrected chi connectivity index (χ3v) is 7.67. The van der Waals surface area contributed by atoms with Crippen LogP contribution in [0.1, 0.15) is 27.0 Å². The Balaban J connectivity index is 1.66. The molecule has 1 unspecified atom stereocenters. The van der Waals surface area contributed by atoms with Gasteiger partial charge in [0.2, 0.25) is 0 Å². The van der Waals surface area contributed by atoms with Crippen LogP contribution in [0.5, 0.6) is 5.75 Å². The summed E-state index contributed by atoms with van der Waals surface area (Å²) in [5, 5.41) is 0. The van der Waals surface area contributed by atoms with Gasteiger partial charge >= 0.3 is 19.3 Å². The van der Waals surface area contributed by atoms with E-state index in [9.17, 15) is 14.2 Å². The second kappa shape index (κ2) is 11.2. The number of carbonyl (C=O) groups is 1. The molecule has 0 saturated carbocycles. The second-order valence-corrected chi connectivity index (χ2v) is 11.0. The topological polar surface area (TPSA) is 132 Å². The van der Waals surface area contributed by atoms with Gasteiger partial charge in [-0.1, -0.05) is 25.1 Å². The van der Waals surface area contributed by atoms with E-state index in [-0.39, 0.29) is 24.7 Å². The maximum absolute atomic E-state index is 13.6. The molecule has 0 aliphatic carbocycles. The van der Waals surface area contributed by atoms with Gasteiger partial charge in [0.25, 0.3) is 0 Å². The van der Waals surface area contributed by atoms with E-state index in [2.05, 4.69) is 4.98 Å². The highest BCUT2D eigenvalue weighted by atomic mass is 32.2. The summed E-state index contributed by atoms with van der Waals surface area (Å²) in [5.41, 5.74) is 4.52. The number of thioether (sulfide) groups is 1. The molecule has 0 bridgehead atoms. The summed E-state index contributed by atoms with van der Waals surface area (Å²) >= 11 is 1.40. The van der Waals surface area contributed by atoms with Crippen molar-refractivity contribution in [3.8, 4) is 5.75 Å². The Morgan fingerprint density at radius 2 is 2.03 bits per heavy atom. The molecule has 2 aromatic rings. The number of aromatic nitrogens is 2. The number of benzene rings is 1. The summed E-state index contributed by atoms with van der Waals surface area (Å²) in [6.45, 7) is 5.04. The predicted octanol–water partition coefficient (Wildman–Crippen LogP) is 3.29. The number of esters is 1. The summed E-state index contributed by atoms with van der Waals surface area (Å²) in [5.74, 6) is -0.215. The Bertz CT molecular complexity index is 1050. The second-order valence-electron chi connectivity index (χ2n) is 7.78. The van der Waals surface area contributed by atoms with Gasteiger partial charge in [0.15, 0.2) is 0 Å². The zero-order valence-electron chi connectivity index (χ0n) is 18.7. The zero-order chi connectivity index (χ0) is 24.0. The molecule has 2 heterocycles. The first-order valence-electron chi connectivity index (χ1n) is 10.5. The van der Waals surface area contributed by atoms with Crippen LogP contribution >= 0.6 is 19.4 Å². The highest BCUT2D eigenvalue weighted by Gasteiger charge is 2.36. The van der Waals surface area contributed by atoms with Crippen molar-refractivity contribution in [1.29, 1.82) is 0 Å². The van der Waals surface area contributed by atoms with E-state index in [1.807, 2.05) is 0 Å². The van der Waals surface area contributed by atoms with E-state index in [0.29, 0.717) is 11.5 Å². The van der Waals surface area contributed by atoms with Crippen molar-refractivity contribution in [2.45, 2.75) is 38.5 Å². The fourth-order valence-electron chi connectivity index (χ4n) is 3.01. The average Bonchev–Trinajstić information content (AvgIpc) is 3.21. The largest absolute Gasteiger partial charge is 0.463 e. The van der Waals surface area contributed by atoms with Gasteiger partial charge in [0, 0.05) is 11.9 Å². The van der Waals surface area contributed by atoms with Crippen LogP contribution in [0.4, 0.5) is 5.82 Å². The Morgan fingerprint density at radius 3 is 2.70 bits per heavy atom. The maximum atomic E-state index is 13.6. The lowest BCUT2D eigenvalue weighted by Gasteiger charge is -2.23. The molecule has 4 atom stereocenters. The molecule has 10 nitrogen and oxygen atoms in total. The number of hydrogen-bond donors (Lipinski definition) is 1. The van der Waals surface area contributed by atoms with Crippen LogP contribution in [-0.4, -0.2) is 45.6 Å². The van der Waals surface area contributed by atoms with Crippen molar-refractivity contribution in [1.82, 2.24) is 9.55 Å². The van der Waals surface area contributed by atoms with E-state index < -0.39 is 36.8 Å². The molecule has 1 aromatic carbocycles. The van der Waals surface area contributed by atoms with Crippen LogP contribution in [0.2, 0.25) is 0 Å². The van der Waals surface area contributed by atoms with Crippen molar-refractivity contribution in [2.24, 2.45) is 5.92 Å². The lowest BCUT2D eigenvalue weighted by atomic mass is 10.2. The van der Waals surface area contributed by atoms with Gasteiger partial charge in [0.1, 0.15) is 23.2 Å². The predicted molar refractivity (Wildman–Crippen MR) is 125 cm³/mol. The number of para-hydroxylation sites is 1. The number of nitrogens with two attached hydrogens (primary N) is 1. The van der Waals surface area contributed by atoms with Gasteiger partial charge < -0.3 is 19.7 Å². The summed E-state index contributed by atoms with van der Waals surface area (Å²) in [4.78, 5) is 28.0. The first-order valence-corrected chi connectivity index (χ1v) is 13.2. The molecule has 0 spiro atoms. The van der Waals surface area contributed by atoms with Crippen molar-refractivity contribution in [3.05, 3.63) is 53.1 Å². The van der Waals surface area contributed by atoms with Crippen molar-refractivity contribution in [3.63, 3.8) is 0 Å². The van der Waals surface area contributed by atoms with Crippen LogP contribution < -0.4 is 15.9 Å². The van der Waals surface area contributed by atoms with Gasteiger partial charge in [-0.15, -0.1) is 11.8 Å². The molecule has 1 aliphatic rings. The number of nitrogen functional groups attached to an aromatic ring is 1. The van der Waals surface area contributed by atoms with Crippen LogP contribution in [0.3, 0.4) is 0 Å². The molecular formula is C21H28N3O7PS. The Morgan fingerprint density at radius 1 is 1.30 bits per heavy atom. The Kier molecular flexibility index (Phi) is 8.58. The normalized spacial score (nSPS) is 20.8. The van der Waals surface area contributed by atoms with E-state index in [0.717, 1.165) is 0 Å². The standard InChI is InChI=1S/C21H28N3O7PS/c1-14(2)29-20(25)15(3)12-32(27,31-16-7-5-4-6-8-16)28-11-19-30-18(13-33-19)24-10-9-17(22)23-21(24)26/h4-10,14-15,18-19H,11-13H2,1-3H3,(H2,22,23,26)/t15-,18+,19-,32?/m1/s1. The molecule has 1 aromatic heterocycles. The minimum absolute atomic E-state index is 0.0611. The fourth-order valence-corrected chi connectivity index (χ4v) is 5.96. The third kappa shape index (κ3) is 7.33. The average molecular weight is 498 g/mol. The monoisotopic (exact) mass is 497 g/mol. The third-order valence-electron chi connectivity index (χ3n) is 4.54. The van der Waals surface area contributed by atoms with Gasteiger partial charge in [-0.3, -0.25) is 13.9 Å². The molecule has 33 heavy (non-hydrogen) atoms. The van der Waals surface area contributed by atoms with Crippen LogP contribution in [0.15, 0.2) is 47.4 Å². The van der Waals surface area contributed by atoms with Crippen molar-refractivity contribution < 1.29 is 27.9 Å². The van der Waals surface area contributed by atoms with Gasteiger partial charge in [-0.05, 0) is 32.0 Å². The molecule has 0 amide bonds. The van der Waals surface area contributed by atoms with E-state index in [1.54, 1.807) is 51.1 Å². The summed E-state index contributed by atoms with van der Waals surface area (Å²) < 4.78 is 37.5. The fraction of sp³-hybridized carbons (Fsp3) is 0.476. The smallest absolute Gasteiger partial charge is 0.380 e. The Labute approximate surface area is 196 Å². The Hall–Kier alpha value is -2.33.